The van der Waals surface area contributed by atoms with E-state index in [1.807, 2.05) is 0 Å². The second-order valence-corrected chi connectivity index (χ2v) is 7.58. The lowest BCUT2D eigenvalue weighted by Gasteiger charge is -2.31. The summed E-state index contributed by atoms with van der Waals surface area (Å²) in [4.78, 5) is 0. The summed E-state index contributed by atoms with van der Waals surface area (Å²) in [6, 6.07) is 12.2. The highest BCUT2D eigenvalue weighted by Crippen LogP contribution is 2.31. The first-order valence-electron chi connectivity index (χ1n) is 8.36. The number of nitrogens with one attached hydrogen (secondary N) is 1. The van der Waals surface area contributed by atoms with Crippen LogP contribution in [0.1, 0.15) is 77.3 Å². The monoisotopic (exact) mass is 273 g/mol. The molecule has 0 heterocycles. The highest BCUT2D eigenvalue weighted by molar-refractivity contribution is 5.19. The molecule has 0 amide bonds. The van der Waals surface area contributed by atoms with Crippen molar-refractivity contribution in [1.82, 2.24) is 5.32 Å². The lowest BCUT2D eigenvalue weighted by molar-refractivity contribution is 0.284. The second-order valence-electron chi connectivity index (χ2n) is 7.58. The minimum Gasteiger partial charge on any atom is -0.307 e. The molecule has 1 fully saturated rings. The Morgan fingerprint density at radius 3 is 2.15 bits per heavy atom. The van der Waals surface area contributed by atoms with Crippen LogP contribution in [-0.2, 0) is 0 Å². The Morgan fingerprint density at radius 2 is 1.60 bits per heavy atom. The van der Waals surface area contributed by atoms with Crippen molar-refractivity contribution in [1.29, 1.82) is 0 Å². The molecule has 0 bridgehead atoms. The van der Waals surface area contributed by atoms with Gasteiger partial charge in [-0.3, -0.25) is 0 Å². The van der Waals surface area contributed by atoms with Crippen molar-refractivity contribution in [2.45, 2.75) is 77.8 Å². The number of hydrogen-bond donors (Lipinski definition) is 1. The van der Waals surface area contributed by atoms with Gasteiger partial charge >= 0.3 is 0 Å². The van der Waals surface area contributed by atoms with Gasteiger partial charge in [0, 0.05) is 12.1 Å². The van der Waals surface area contributed by atoms with Crippen LogP contribution >= 0.6 is 0 Å². The molecule has 1 nitrogen and oxygen atoms in total. The third kappa shape index (κ3) is 5.28. The number of rotatable bonds is 4. The predicted octanol–water partition coefficient (Wildman–Crippen LogP) is 5.48. The maximum absolute atomic E-state index is 3.97. The number of benzene rings is 1. The van der Waals surface area contributed by atoms with Crippen LogP contribution in [0.15, 0.2) is 30.3 Å². The molecule has 0 radical (unpaired) electrons. The molecule has 1 unspecified atom stereocenters. The third-order valence-corrected chi connectivity index (χ3v) is 4.31. The molecular formula is C19H31N. The van der Waals surface area contributed by atoms with Crippen LogP contribution in [0.5, 0.6) is 0 Å². The van der Waals surface area contributed by atoms with Gasteiger partial charge in [-0.1, -0.05) is 76.8 Å². The summed E-state index contributed by atoms with van der Waals surface area (Å²) in [7, 11) is 0. The smallest absolute Gasteiger partial charge is 0.0327 e. The molecular weight excluding hydrogens is 242 g/mol. The molecule has 1 aromatic carbocycles. The van der Waals surface area contributed by atoms with Crippen molar-refractivity contribution in [3.8, 4) is 0 Å². The zero-order valence-electron chi connectivity index (χ0n) is 13.5. The van der Waals surface area contributed by atoms with Crippen LogP contribution in [0, 0.1) is 5.41 Å². The van der Waals surface area contributed by atoms with Gasteiger partial charge in [-0.2, -0.15) is 0 Å². The zero-order chi connectivity index (χ0) is 14.4. The summed E-state index contributed by atoms with van der Waals surface area (Å²) in [5, 5.41) is 3.97. The summed E-state index contributed by atoms with van der Waals surface area (Å²) in [6.07, 6.45) is 9.55. The Kier molecular flexibility index (Phi) is 5.65. The average Bonchev–Trinajstić information content (AvgIpc) is 2.66. The van der Waals surface area contributed by atoms with Crippen LogP contribution in [0.2, 0.25) is 0 Å². The summed E-state index contributed by atoms with van der Waals surface area (Å²) < 4.78 is 0. The van der Waals surface area contributed by atoms with Gasteiger partial charge in [-0.15, -0.1) is 0 Å². The van der Waals surface area contributed by atoms with E-state index in [0.29, 0.717) is 17.5 Å². The molecule has 1 aromatic rings. The molecule has 1 heteroatoms. The average molecular weight is 273 g/mol. The van der Waals surface area contributed by atoms with E-state index in [1.54, 1.807) is 0 Å². The van der Waals surface area contributed by atoms with Gasteiger partial charge < -0.3 is 5.32 Å². The molecule has 0 aliphatic heterocycles. The van der Waals surface area contributed by atoms with Gasteiger partial charge in [0.1, 0.15) is 0 Å². The summed E-state index contributed by atoms with van der Waals surface area (Å²) in [5.74, 6) is 0. The largest absolute Gasteiger partial charge is 0.307 e. The first-order valence-corrected chi connectivity index (χ1v) is 8.36. The zero-order valence-corrected chi connectivity index (χ0v) is 13.5. The van der Waals surface area contributed by atoms with Crippen molar-refractivity contribution in [3.05, 3.63) is 35.9 Å². The highest BCUT2D eigenvalue weighted by atomic mass is 15.0. The summed E-state index contributed by atoms with van der Waals surface area (Å²) >= 11 is 0. The quantitative estimate of drug-likeness (QED) is 0.717. The fourth-order valence-electron chi connectivity index (χ4n) is 3.30. The Labute approximate surface area is 125 Å². The Hall–Kier alpha value is -0.820. The van der Waals surface area contributed by atoms with E-state index >= 15 is 0 Å². The van der Waals surface area contributed by atoms with Crippen molar-refractivity contribution in [2.75, 3.05) is 0 Å². The summed E-state index contributed by atoms with van der Waals surface area (Å²) in [5.41, 5.74) is 1.81. The minimum atomic E-state index is 0.359. The molecule has 1 N–H and O–H groups in total. The van der Waals surface area contributed by atoms with Crippen LogP contribution in [0.25, 0.3) is 0 Å². The predicted molar refractivity (Wildman–Crippen MR) is 87.9 cm³/mol. The Balaban J connectivity index is 2.05. The molecule has 2 rings (SSSR count). The van der Waals surface area contributed by atoms with E-state index in [4.69, 9.17) is 0 Å². The van der Waals surface area contributed by atoms with E-state index in [-0.39, 0.29) is 0 Å². The van der Waals surface area contributed by atoms with Gasteiger partial charge in [-0.05, 0) is 30.2 Å². The maximum atomic E-state index is 3.97. The van der Waals surface area contributed by atoms with Gasteiger partial charge in [-0.25, -0.2) is 0 Å². The van der Waals surface area contributed by atoms with Crippen LogP contribution < -0.4 is 5.32 Å². The Morgan fingerprint density at radius 1 is 1.00 bits per heavy atom. The Bertz CT molecular complexity index is 369. The third-order valence-electron chi connectivity index (χ3n) is 4.31. The minimum absolute atomic E-state index is 0.359. The first kappa shape index (κ1) is 15.6. The van der Waals surface area contributed by atoms with Crippen LogP contribution in [-0.4, -0.2) is 6.04 Å². The molecule has 1 aliphatic rings. The molecule has 1 aliphatic carbocycles. The van der Waals surface area contributed by atoms with Gasteiger partial charge in [0.25, 0.3) is 0 Å². The summed E-state index contributed by atoms with van der Waals surface area (Å²) in [6.45, 7) is 7.03. The van der Waals surface area contributed by atoms with E-state index in [1.165, 1.54) is 50.5 Å². The van der Waals surface area contributed by atoms with Crippen molar-refractivity contribution < 1.29 is 0 Å². The maximum Gasteiger partial charge on any atom is 0.0327 e. The fourth-order valence-corrected chi connectivity index (χ4v) is 3.30. The lowest BCUT2D eigenvalue weighted by atomic mass is 9.85. The normalized spacial score (nSPS) is 19.6. The fraction of sp³-hybridized carbons (Fsp3) is 0.684. The van der Waals surface area contributed by atoms with E-state index < -0.39 is 0 Å². The van der Waals surface area contributed by atoms with Gasteiger partial charge in [0.05, 0.1) is 0 Å². The van der Waals surface area contributed by atoms with E-state index in [9.17, 15) is 0 Å². The number of hydrogen-bond acceptors (Lipinski definition) is 1. The molecule has 1 saturated carbocycles. The van der Waals surface area contributed by atoms with E-state index in [0.717, 1.165) is 0 Å². The standard InChI is InChI=1S/C19H31N/c1-19(2,3)15-18(16-11-7-6-8-12-16)20-17-13-9-4-5-10-14-17/h6-8,11-12,17-18,20H,4-5,9-10,13-15H2,1-3H3. The molecule has 112 valence electrons. The SMILES string of the molecule is CC(C)(C)CC(NC1CCCCCC1)c1ccccc1. The molecule has 1 atom stereocenters. The van der Waals surface area contributed by atoms with E-state index in [2.05, 4.69) is 56.4 Å². The molecule has 0 saturated heterocycles. The topological polar surface area (TPSA) is 12.0 Å². The molecule has 0 aromatic heterocycles. The van der Waals surface area contributed by atoms with Crippen LogP contribution in [0.3, 0.4) is 0 Å². The lowest BCUT2D eigenvalue weighted by Crippen LogP contribution is -2.34. The first-order chi connectivity index (χ1) is 9.54. The second kappa shape index (κ2) is 7.26. The van der Waals surface area contributed by atoms with Gasteiger partial charge in [0.2, 0.25) is 0 Å². The van der Waals surface area contributed by atoms with Crippen molar-refractivity contribution in [2.24, 2.45) is 5.41 Å². The van der Waals surface area contributed by atoms with Crippen LogP contribution in [0.4, 0.5) is 0 Å². The van der Waals surface area contributed by atoms with Gasteiger partial charge in [0.15, 0.2) is 0 Å². The molecule has 0 spiro atoms. The molecule has 20 heavy (non-hydrogen) atoms. The van der Waals surface area contributed by atoms with Crippen molar-refractivity contribution in [3.63, 3.8) is 0 Å². The highest BCUT2D eigenvalue weighted by Gasteiger charge is 2.23. The van der Waals surface area contributed by atoms with Crippen molar-refractivity contribution >= 4 is 0 Å².